The standard InChI is InChI=1S/C8H5F4NO2/c9-3-1-4(10)6(7(13)14)5(2-3)15-8(11)12/h1-2,8H,(H2,13,14). The zero-order valence-electron chi connectivity index (χ0n) is 7.14. The number of hydrogen-bond donors (Lipinski definition) is 1. The summed E-state index contributed by atoms with van der Waals surface area (Å²) in [6, 6.07) is 0.799. The average molecular weight is 223 g/mol. The number of hydrogen-bond acceptors (Lipinski definition) is 2. The molecule has 1 aromatic carbocycles. The van der Waals surface area contributed by atoms with Crippen LogP contribution in [0.4, 0.5) is 17.6 Å². The van der Waals surface area contributed by atoms with Gasteiger partial charge in [-0.2, -0.15) is 8.78 Å². The molecule has 2 N–H and O–H groups in total. The summed E-state index contributed by atoms with van der Waals surface area (Å²) in [7, 11) is 0. The van der Waals surface area contributed by atoms with Crippen molar-refractivity contribution < 1.29 is 27.1 Å². The number of primary amides is 1. The van der Waals surface area contributed by atoms with Crippen LogP contribution in [-0.4, -0.2) is 12.5 Å². The Morgan fingerprint density at radius 1 is 1.33 bits per heavy atom. The molecule has 82 valence electrons. The van der Waals surface area contributed by atoms with E-state index in [1.165, 1.54) is 0 Å². The van der Waals surface area contributed by atoms with E-state index >= 15 is 0 Å². The van der Waals surface area contributed by atoms with Gasteiger partial charge in [0.15, 0.2) is 0 Å². The van der Waals surface area contributed by atoms with Crippen molar-refractivity contribution in [1.29, 1.82) is 0 Å². The Morgan fingerprint density at radius 2 is 1.93 bits per heavy atom. The smallest absolute Gasteiger partial charge is 0.387 e. The van der Waals surface area contributed by atoms with Crippen molar-refractivity contribution in [2.24, 2.45) is 5.73 Å². The first-order chi connectivity index (χ1) is 6.91. The van der Waals surface area contributed by atoms with Crippen LogP contribution in [0.5, 0.6) is 5.75 Å². The SMILES string of the molecule is NC(=O)c1c(F)cc(F)cc1OC(F)F. The fourth-order valence-corrected chi connectivity index (χ4v) is 0.978. The topological polar surface area (TPSA) is 52.3 Å². The third-order valence-electron chi connectivity index (χ3n) is 1.48. The Hall–Kier alpha value is -1.79. The van der Waals surface area contributed by atoms with E-state index in [1.807, 2.05) is 0 Å². The average Bonchev–Trinajstić information content (AvgIpc) is 1.99. The highest BCUT2D eigenvalue weighted by Crippen LogP contribution is 2.24. The van der Waals surface area contributed by atoms with E-state index in [0.717, 1.165) is 0 Å². The van der Waals surface area contributed by atoms with Crippen molar-refractivity contribution in [1.82, 2.24) is 0 Å². The highest BCUT2D eigenvalue weighted by molar-refractivity contribution is 5.95. The summed E-state index contributed by atoms with van der Waals surface area (Å²) in [6.45, 7) is -3.30. The molecule has 0 saturated carbocycles. The molecule has 0 aromatic heterocycles. The number of carbonyl (C=O) groups is 1. The van der Waals surface area contributed by atoms with Crippen molar-refractivity contribution in [3.05, 3.63) is 29.3 Å². The van der Waals surface area contributed by atoms with Gasteiger partial charge >= 0.3 is 6.61 Å². The van der Waals surface area contributed by atoms with Crippen LogP contribution >= 0.6 is 0 Å². The molecular formula is C8H5F4NO2. The minimum Gasteiger partial charge on any atom is -0.434 e. The van der Waals surface area contributed by atoms with Crippen molar-refractivity contribution >= 4 is 5.91 Å². The molecule has 0 atom stereocenters. The summed E-state index contributed by atoms with van der Waals surface area (Å²) in [4.78, 5) is 10.7. The van der Waals surface area contributed by atoms with Gasteiger partial charge < -0.3 is 10.5 Å². The van der Waals surface area contributed by atoms with Crippen LogP contribution in [-0.2, 0) is 0 Å². The minimum atomic E-state index is -3.30. The molecule has 0 spiro atoms. The number of carbonyl (C=O) groups excluding carboxylic acids is 1. The predicted octanol–water partition coefficient (Wildman–Crippen LogP) is 1.67. The van der Waals surface area contributed by atoms with Crippen LogP contribution in [0.1, 0.15) is 10.4 Å². The van der Waals surface area contributed by atoms with E-state index in [4.69, 9.17) is 5.73 Å². The lowest BCUT2D eigenvalue weighted by molar-refractivity contribution is -0.0504. The first kappa shape index (κ1) is 11.3. The van der Waals surface area contributed by atoms with Crippen LogP contribution in [0.3, 0.4) is 0 Å². The van der Waals surface area contributed by atoms with Gasteiger partial charge in [-0.15, -0.1) is 0 Å². The van der Waals surface area contributed by atoms with E-state index in [9.17, 15) is 22.4 Å². The van der Waals surface area contributed by atoms with Gasteiger partial charge in [0.05, 0.1) is 0 Å². The molecular weight excluding hydrogens is 218 g/mol. The fraction of sp³-hybridized carbons (Fsp3) is 0.125. The third-order valence-corrected chi connectivity index (χ3v) is 1.48. The molecule has 1 rings (SSSR count). The predicted molar refractivity (Wildman–Crippen MR) is 41.5 cm³/mol. The number of benzene rings is 1. The Kier molecular flexibility index (Phi) is 3.13. The Labute approximate surface area is 81.4 Å². The molecule has 1 amide bonds. The van der Waals surface area contributed by atoms with Gasteiger partial charge in [-0.1, -0.05) is 0 Å². The van der Waals surface area contributed by atoms with Crippen molar-refractivity contribution in [2.45, 2.75) is 6.61 Å². The van der Waals surface area contributed by atoms with E-state index in [1.54, 1.807) is 0 Å². The third kappa shape index (κ3) is 2.58. The van der Waals surface area contributed by atoms with E-state index in [2.05, 4.69) is 4.74 Å². The maximum absolute atomic E-state index is 12.9. The van der Waals surface area contributed by atoms with Crippen LogP contribution < -0.4 is 10.5 Å². The Morgan fingerprint density at radius 3 is 2.40 bits per heavy atom. The molecule has 0 aliphatic carbocycles. The molecule has 0 bridgehead atoms. The van der Waals surface area contributed by atoms with Crippen LogP contribution in [0.15, 0.2) is 12.1 Å². The fourth-order valence-electron chi connectivity index (χ4n) is 0.978. The maximum Gasteiger partial charge on any atom is 0.387 e. The summed E-state index contributed by atoms with van der Waals surface area (Å²) in [5.74, 6) is -4.73. The molecule has 0 radical (unpaired) electrons. The summed E-state index contributed by atoms with van der Waals surface area (Å²) < 4.78 is 52.9. The van der Waals surface area contributed by atoms with Gasteiger partial charge in [0, 0.05) is 12.1 Å². The molecule has 0 saturated heterocycles. The summed E-state index contributed by atoms with van der Waals surface area (Å²) >= 11 is 0. The summed E-state index contributed by atoms with van der Waals surface area (Å²) in [5.41, 5.74) is 3.81. The van der Waals surface area contributed by atoms with E-state index < -0.39 is 35.5 Å². The maximum atomic E-state index is 12.9. The summed E-state index contributed by atoms with van der Waals surface area (Å²) in [6.07, 6.45) is 0. The van der Waals surface area contributed by atoms with Gasteiger partial charge in [0.25, 0.3) is 5.91 Å². The molecule has 0 heterocycles. The van der Waals surface area contributed by atoms with E-state index in [-0.39, 0.29) is 0 Å². The second kappa shape index (κ2) is 4.16. The normalized spacial score (nSPS) is 10.5. The molecule has 15 heavy (non-hydrogen) atoms. The van der Waals surface area contributed by atoms with Gasteiger partial charge in [0.1, 0.15) is 22.9 Å². The lowest BCUT2D eigenvalue weighted by Gasteiger charge is -2.08. The number of rotatable bonds is 3. The molecule has 0 aliphatic rings. The molecule has 0 fully saturated rings. The zero-order chi connectivity index (χ0) is 11.6. The van der Waals surface area contributed by atoms with Crippen LogP contribution in [0, 0.1) is 11.6 Å². The van der Waals surface area contributed by atoms with Crippen molar-refractivity contribution in [3.8, 4) is 5.75 Å². The van der Waals surface area contributed by atoms with E-state index in [0.29, 0.717) is 12.1 Å². The molecule has 1 aromatic rings. The van der Waals surface area contributed by atoms with Crippen LogP contribution in [0.25, 0.3) is 0 Å². The van der Waals surface area contributed by atoms with Crippen LogP contribution in [0.2, 0.25) is 0 Å². The Balaban J connectivity index is 3.27. The van der Waals surface area contributed by atoms with Gasteiger partial charge in [-0.3, -0.25) is 4.79 Å². The molecule has 3 nitrogen and oxygen atoms in total. The largest absolute Gasteiger partial charge is 0.434 e. The second-order valence-electron chi connectivity index (χ2n) is 2.50. The van der Waals surface area contributed by atoms with Crippen molar-refractivity contribution in [2.75, 3.05) is 0 Å². The first-order valence-corrected chi connectivity index (χ1v) is 3.65. The van der Waals surface area contributed by atoms with Gasteiger partial charge in [-0.05, 0) is 0 Å². The second-order valence-corrected chi connectivity index (χ2v) is 2.50. The molecule has 0 aliphatic heterocycles. The molecule has 0 unspecified atom stereocenters. The molecule has 7 heteroatoms. The monoisotopic (exact) mass is 223 g/mol. The quantitative estimate of drug-likeness (QED) is 0.792. The minimum absolute atomic E-state index is 0.346. The van der Waals surface area contributed by atoms with Gasteiger partial charge in [0.2, 0.25) is 0 Å². The lowest BCUT2D eigenvalue weighted by atomic mass is 10.1. The highest BCUT2D eigenvalue weighted by atomic mass is 19.3. The number of ether oxygens (including phenoxy) is 1. The zero-order valence-corrected chi connectivity index (χ0v) is 7.14. The number of nitrogens with two attached hydrogens (primary N) is 1. The highest BCUT2D eigenvalue weighted by Gasteiger charge is 2.19. The number of halogens is 4. The number of amides is 1. The van der Waals surface area contributed by atoms with Crippen molar-refractivity contribution in [3.63, 3.8) is 0 Å². The van der Waals surface area contributed by atoms with Gasteiger partial charge in [-0.25, -0.2) is 8.78 Å². The summed E-state index contributed by atoms with van der Waals surface area (Å²) in [5, 5.41) is 0. The lowest BCUT2D eigenvalue weighted by Crippen LogP contribution is -2.17. The first-order valence-electron chi connectivity index (χ1n) is 3.65. The Bertz CT molecular complexity index is 394. The number of alkyl halides is 2.